The molecule has 0 spiro atoms. The maximum absolute atomic E-state index is 10.4. The molecule has 2 aliphatic carbocycles. The standard InChI is InChI=1S/C15H23NO3/c17-15(18)6-4-2-1-3-5-13-11-7-8-12(9-11)14(13)10-16-19/h1,3,10-14,19H,2,4-9H2,(H,17,18)/b3-1-,16-10?. The second-order valence-corrected chi connectivity index (χ2v) is 5.83. The Hall–Kier alpha value is -1.32. The fourth-order valence-corrected chi connectivity index (χ4v) is 3.86. The number of fused-ring (bicyclic) bond motifs is 2. The number of oxime groups is 1. The summed E-state index contributed by atoms with van der Waals surface area (Å²) >= 11 is 0. The van der Waals surface area contributed by atoms with Crippen LogP contribution in [0.2, 0.25) is 0 Å². The summed E-state index contributed by atoms with van der Waals surface area (Å²) in [5, 5.41) is 20.6. The molecule has 0 saturated heterocycles. The number of allylic oxidation sites excluding steroid dienone is 2. The molecular formula is C15H23NO3. The molecule has 19 heavy (non-hydrogen) atoms. The van der Waals surface area contributed by atoms with E-state index in [1.54, 1.807) is 6.21 Å². The smallest absolute Gasteiger partial charge is 0.303 e. The summed E-state index contributed by atoms with van der Waals surface area (Å²) in [6, 6.07) is 0. The van der Waals surface area contributed by atoms with E-state index in [0.717, 1.165) is 18.8 Å². The van der Waals surface area contributed by atoms with Gasteiger partial charge in [-0.25, -0.2) is 0 Å². The highest BCUT2D eigenvalue weighted by Gasteiger charge is 2.45. The van der Waals surface area contributed by atoms with E-state index in [0.29, 0.717) is 24.2 Å². The number of carbonyl (C=O) groups is 1. The van der Waals surface area contributed by atoms with Crippen molar-refractivity contribution in [2.45, 2.75) is 44.9 Å². The van der Waals surface area contributed by atoms with Crippen LogP contribution in [0, 0.1) is 23.7 Å². The van der Waals surface area contributed by atoms with Crippen LogP contribution in [0.15, 0.2) is 17.3 Å². The highest BCUT2D eigenvalue weighted by Crippen LogP contribution is 2.52. The van der Waals surface area contributed by atoms with Crippen molar-refractivity contribution in [2.75, 3.05) is 0 Å². The number of carboxylic acid groups (broad SMARTS) is 1. The Labute approximate surface area is 114 Å². The van der Waals surface area contributed by atoms with Gasteiger partial charge in [-0.3, -0.25) is 4.79 Å². The number of unbranched alkanes of at least 4 members (excludes halogenated alkanes) is 1. The molecule has 4 unspecified atom stereocenters. The van der Waals surface area contributed by atoms with Crippen LogP contribution < -0.4 is 0 Å². The fourth-order valence-electron chi connectivity index (χ4n) is 3.86. The van der Waals surface area contributed by atoms with Crippen molar-refractivity contribution >= 4 is 12.2 Å². The maximum atomic E-state index is 10.4. The molecule has 2 aliphatic rings. The van der Waals surface area contributed by atoms with Gasteiger partial charge in [-0.2, -0.15) is 0 Å². The van der Waals surface area contributed by atoms with E-state index in [9.17, 15) is 4.79 Å². The zero-order valence-electron chi connectivity index (χ0n) is 11.2. The van der Waals surface area contributed by atoms with Crippen LogP contribution in [-0.4, -0.2) is 22.5 Å². The SMILES string of the molecule is O=C(O)CCC/C=C\CC1C2CCC(C2)C1C=NO. The van der Waals surface area contributed by atoms with Gasteiger partial charge in [0, 0.05) is 18.6 Å². The van der Waals surface area contributed by atoms with E-state index in [2.05, 4.69) is 17.3 Å². The number of hydrogen-bond acceptors (Lipinski definition) is 3. The summed E-state index contributed by atoms with van der Waals surface area (Å²) < 4.78 is 0. The van der Waals surface area contributed by atoms with Crippen molar-refractivity contribution in [1.29, 1.82) is 0 Å². The average molecular weight is 265 g/mol. The van der Waals surface area contributed by atoms with Crippen LogP contribution in [-0.2, 0) is 4.79 Å². The topological polar surface area (TPSA) is 69.9 Å². The van der Waals surface area contributed by atoms with Gasteiger partial charge in [0.05, 0.1) is 0 Å². The first-order valence-corrected chi connectivity index (χ1v) is 7.26. The van der Waals surface area contributed by atoms with Crippen molar-refractivity contribution < 1.29 is 15.1 Å². The van der Waals surface area contributed by atoms with Gasteiger partial charge in [-0.05, 0) is 56.3 Å². The summed E-state index contributed by atoms with van der Waals surface area (Å²) in [6.45, 7) is 0. The van der Waals surface area contributed by atoms with Gasteiger partial charge in [-0.1, -0.05) is 12.2 Å². The van der Waals surface area contributed by atoms with Gasteiger partial charge >= 0.3 is 5.97 Å². The Bertz CT molecular complexity index is 364. The highest BCUT2D eigenvalue weighted by molar-refractivity contribution is 5.66. The lowest BCUT2D eigenvalue weighted by atomic mass is 9.78. The Morgan fingerprint density at radius 3 is 2.79 bits per heavy atom. The van der Waals surface area contributed by atoms with Crippen LogP contribution >= 0.6 is 0 Å². The molecule has 106 valence electrons. The number of nitrogens with zero attached hydrogens (tertiary/aromatic N) is 1. The predicted octanol–water partition coefficient (Wildman–Crippen LogP) is 3.31. The van der Waals surface area contributed by atoms with Crippen molar-refractivity contribution in [3.8, 4) is 0 Å². The van der Waals surface area contributed by atoms with Crippen molar-refractivity contribution in [1.82, 2.24) is 0 Å². The Kier molecular flexibility index (Phi) is 5.00. The number of aliphatic carboxylic acids is 1. The first-order valence-electron chi connectivity index (χ1n) is 7.26. The number of rotatable bonds is 7. The number of carboxylic acids is 1. The zero-order chi connectivity index (χ0) is 13.7. The summed E-state index contributed by atoms with van der Waals surface area (Å²) in [7, 11) is 0. The molecule has 0 aliphatic heterocycles. The third-order valence-electron chi connectivity index (χ3n) is 4.73. The first kappa shape index (κ1) is 14.1. The molecule has 4 heteroatoms. The van der Waals surface area contributed by atoms with E-state index >= 15 is 0 Å². The zero-order valence-corrected chi connectivity index (χ0v) is 11.2. The summed E-state index contributed by atoms with van der Waals surface area (Å²) in [5.41, 5.74) is 0. The molecule has 0 aromatic carbocycles. The molecule has 2 fully saturated rings. The normalized spacial score (nSPS) is 33.7. The molecule has 0 amide bonds. The minimum atomic E-state index is -0.722. The lowest BCUT2D eigenvalue weighted by Crippen LogP contribution is -2.23. The largest absolute Gasteiger partial charge is 0.481 e. The maximum Gasteiger partial charge on any atom is 0.303 e. The van der Waals surface area contributed by atoms with E-state index in [1.165, 1.54) is 19.3 Å². The molecule has 0 aromatic heterocycles. The minimum absolute atomic E-state index is 0.248. The van der Waals surface area contributed by atoms with Crippen LogP contribution in [0.3, 0.4) is 0 Å². The summed E-state index contributed by atoms with van der Waals surface area (Å²) in [4.78, 5) is 10.4. The summed E-state index contributed by atoms with van der Waals surface area (Å²) in [6.07, 6.45) is 12.7. The predicted molar refractivity (Wildman–Crippen MR) is 73.3 cm³/mol. The van der Waals surface area contributed by atoms with Gasteiger partial charge in [0.1, 0.15) is 0 Å². The molecule has 0 heterocycles. The van der Waals surface area contributed by atoms with E-state index in [-0.39, 0.29) is 6.42 Å². The number of hydrogen-bond donors (Lipinski definition) is 2. The van der Waals surface area contributed by atoms with E-state index in [1.807, 2.05) is 0 Å². The van der Waals surface area contributed by atoms with Crippen LogP contribution in [0.5, 0.6) is 0 Å². The average Bonchev–Trinajstić information content (AvgIpc) is 2.95. The Morgan fingerprint density at radius 2 is 2.05 bits per heavy atom. The lowest BCUT2D eigenvalue weighted by molar-refractivity contribution is -0.137. The Morgan fingerprint density at radius 1 is 1.26 bits per heavy atom. The molecular weight excluding hydrogens is 242 g/mol. The molecule has 0 radical (unpaired) electrons. The molecule has 2 saturated carbocycles. The van der Waals surface area contributed by atoms with E-state index < -0.39 is 5.97 Å². The Balaban J connectivity index is 1.75. The third kappa shape index (κ3) is 3.58. The molecule has 2 bridgehead atoms. The van der Waals surface area contributed by atoms with Gasteiger partial charge in [0.15, 0.2) is 0 Å². The van der Waals surface area contributed by atoms with Gasteiger partial charge < -0.3 is 10.3 Å². The molecule has 2 rings (SSSR count). The van der Waals surface area contributed by atoms with Crippen molar-refractivity contribution in [3.05, 3.63) is 12.2 Å². The van der Waals surface area contributed by atoms with Crippen molar-refractivity contribution in [3.63, 3.8) is 0 Å². The second kappa shape index (κ2) is 6.73. The van der Waals surface area contributed by atoms with Crippen molar-refractivity contribution in [2.24, 2.45) is 28.8 Å². The monoisotopic (exact) mass is 265 g/mol. The summed E-state index contributed by atoms with van der Waals surface area (Å²) in [5.74, 6) is 1.83. The van der Waals surface area contributed by atoms with Gasteiger partial charge in [0.25, 0.3) is 0 Å². The van der Waals surface area contributed by atoms with Gasteiger partial charge in [0.2, 0.25) is 0 Å². The quantitative estimate of drug-likeness (QED) is 0.244. The first-order chi connectivity index (χ1) is 9.22. The molecule has 4 atom stereocenters. The van der Waals surface area contributed by atoms with Crippen LogP contribution in [0.25, 0.3) is 0 Å². The van der Waals surface area contributed by atoms with Crippen LogP contribution in [0.1, 0.15) is 44.9 Å². The van der Waals surface area contributed by atoms with Gasteiger partial charge in [-0.15, -0.1) is 5.16 Å². The van der Waals surface area contributed by atoms with Crippen LogP contribution in [0.4, 0.5) is 0 Å². The second-order valence-electron chi connectivity index (χ2n) is 5.83. The fraction of sp³-hybridized carbons (Fsp3) is 0.733. The molecule has 2 N–H and O–H groups in total. The molecule has 0 aromatic rings. The minimum Gasteiger partial charge on any atom is -0.481 e. The third-order valence-corrected chi connectivity index (χ3v) is 4.73. The lowest BCUT2D eigenvalue weighted by Gasteiger charge is -2.27. The highest BCUT2D eigenvalue weighted by atomic mass is 16.4. The molecule has 4 nitrogen and oxygen atoms in total. The van der Waals surface area contributed by atoms with E-state index in [4.69, 9.17) is 10.3 Å².